The van der Waals surface area contributed by atoms with Crippen molar-refractivity contribution in [3.05, 3.63) is 128 Å². The average Bonchev–Trinajstić information content (AvgIpc) is 3.82. The second-order valence-electron chi connectivity index (χ2n) is 14.9. The molecule has 0 aliphatic carbocycles. The molecule has 0 unspecified atom stereocenters. The van der Waals surface area contributed by atoms with Crippen molar-refractivity contribution in [1.82, 2.24) is 23.9 Å². The number of aromatic nitrogens is 5. The molecule has 8 rings (SSSR count). The van der Waals surface area contributed by atoms with Gasteiger partial charge in [-0.3, -0.25) is 14.5 Å². The number of rotatable bonds is 10. The topological polar surface area (TPSA) is 96.4 Å². The van der Waals surface area contributed by atoms with Crippen molar-refractivity contribution in [2.45, 2.75) is 60.0 Å². The van der Waals surface area contributed by atoms with E-state index in [1.807, 2.05) is 116 Å². The zero-order valence-corrected chi connectivity index (χ0v) is 34.6. The van der Waals surface area contributed by atoms with Gasteiger partial charge in [-0.25, -0.2) is 4.79 Å². The maximum Gasteiger partial charge on any atom is 0.354 e. The van der Waals surface area contributed by atoms with Gasteiger partial charge in [0.2, 0.25) is 0 Å². The summed E-state index contributed by atoms with van der Waals surface area (Å²) in [5.41, 5.74) is 10.7. The summed E-state index contributed by atoms with van der Waals surface area (Å²) in [4.78, 5) is 35.0. The highest BCUT2D eigenvalue weighted by molar-refractivity contribution is 6.35. The number of fused-ring (bicyclic) bond motifs is 4. The van der Waals surface area contributed by atoms with Crippen LogP contribution >= 0.6 is 23.2 Å². The van der Waals surface area contributed by atoms with Crippen LogP contribution in [0, 0.1) is 27.7 Å². The molecule has 5 heterocycles. The van der Waals surface area contributed by atoms with E-state index in [1.54, 1.807) is 6.20 Å². The lowest BCUT2D eigenvalue weighted by Crippen LogP contribution is -2.43. The molecule has 0 radical (unpaired) electrons. The molecule has 292 valence electrons. The molecule has 12 heteroatoms. The van der Waals surface area contributed by atoms with Gasteiger partial charge in [-0.05, 0) is 107 Å². The Hall–Kier alpha value is -5.58. The minimum Gasteiger partial charge on any atom is -0.494 e. The summed E-state index contributed by atoms with van der Waals surface area (Å²) >= 11 is 13.6. The summed E-state index contributed by atoms with van der Waals surface area (Å²) in [5.74, 6) is 0.160. The van der Waals surface area contributed by atoms with Gasteiger partial charge < -0.3 is 23.5 Å². The van der Waals surface area contributed by atoms with E-state index in [0.717, 1.165) is 77.5 Å². The lowest BCUT2D eigenvalue weighted by molar-refractivity contribution is 0.0589. The molecule has 0 saturated heterocycles. The van der Waals surface area contributed by atoms with E-state index in [0.29, 0.717) is 54.6 Å². The van der Waals surface area contributed by atoms with Crippen molar-refractivity contribution in [2.24, 2.45) is 7.05 Å². The summed E-state index contributed by atoms with van der Waals surface area (Å²) in [6.45, 7) is 11.3. The van der Waals surface area contributed by atoms with Crippen molar-refractivity contribution in [1.29, 1.82) is 0 Å². The minimum absolute atomic E-state index is 0.136. The monoisotopic (exact) mass is 802 g/mol. The van der Waals surface area contributed by atoms with E-state index in [2.05, 4.69) is 16.5 Å². The van der Waals surface area contributed by atoms with Crippen LogP contribution < -0.4 is 9.64 Å². The average molecular weight is 804 g/mol. The van der Waals surface area contributed by atoms with Crippen LogP contribution in [0.15, 0.2) is 72.9 Å². The zero-order valence-electron chi connectivity index (χ0n) is 33.1. The lowest BCUT2D eigenvalue weighted by Gasteiger charge is -2.35. The first-order chi connectivity index (χ1) is 27.4. The summed E-state index contributed by atoms with van der Waals surface area (Å²) in [6.07, 6.45) is 2.96. The highest BCUT2D eigenvalue weighted by Gasteiger charge is 2.38. The first-order valence-electron chi connectivity index (χ1n) is 19.1. The van der Waals surface area contributed by atoms with E-state index in [4.69, 9.17) is 37.8 Å². The Balaban J connectivity index is 1.28. The quantitative estimate of drug-likeness (QED) is 0.101. The molecule has 0 spiro atoms. The second-order valence-corrected chi connectivity index (χ2v) is 15.7. The zero-order chi connectivity index (χ0) is 40.3. The third-order valence-electron chi connectivity index (χ3n) is 11.2. The standard InChI is InChI=1S/C45H44Cl2N6O4/c1-25-20-32(21-26(2)40(25)47)57-19-11-14-33-34-16-17-35(46)39(38-28(4)49-50(6)29(38)5)42(34)53-27(3)23-52(44(54)43(33)53)36-15-10-12-30-22-37(45(55)56-7)51(41(30)36)24-31-13-8-9-18-48-31/h8-10,12-13,15-18,20-22,27H,11,14,19,23-24H2,1-7H3/t27-/m1/s1. The highest BCUT2D eigenvalue weighted by Crippen LogP contribution is 2.46. The van der Waals surface area contributed by atoms with Crippen LogP contribution in [0.1, 0.15) is 74.1 Å². The number of para-hydroxylation sites is 1. The van der Waals surface area contributed by atoms with Crippen molar-refractivity contribution >= 4 is 62.6 Å². The summed E-state index contributed by atoms with van der Waals surface area (Å²) in [5, 5.41) is 7.86. The molecular formula is C45H44Cl2N6O4. The number of anilines is 1. The third kappa shape index (κ3) is 6.54. The first-order valence-corrected chi connectivity index (χ1v) is 19.8. The fourth-order valence-electron chi connectivity index (χ4n) is 8.55. The van der Waals surface area contributed by atoms with Crippen LogP contribution in [0.3, 0.4) is 0 Å². The van der Waals surface area contributed by atoms with E-state index >= 15 is 4.79 Å². The predicted octanol–water partition coefficient (Wildman–Crippen LogP) is 10.00. The molecule has 0 bridgehead atoms. The number of carbonyl (C=O) groups is 2. The molecular weight excluding hydrogens is 759 g/mol. The molecule has 1 atom stereocenters. The minimum atomic E-state index is -0.467. The number of nitrogens with zero attached hydrogens (tertiary/aromatic N) is 6. The van der Waals surface area contributed by atoms with Gasteiger partial charge in [-0.2, -0.15) is 5.10 Å². The van der Waals surface area contributed by atoms with Crippen LogP contribution in [0.2, 0.25) is 10.0 Å². The Labute approximate surface area is 341 Å². The molecule has 3 aromatic carbocycles. The number of hydrogen-bond donors (Lipinski definition) is 0. The lowest BCUT2D eigenvalue weighted by atomic mass is 9.98. The number of halogens is 2. The van der Waals surface area contributed by atoms with Crippen LogP contribution in [0.4, 0.5) is 5.69 Å². The molecule has 10 nitrogen and oxygen atoms in total. The number of amides is 1. The summed E-state index contributed by atoms with van der Waals surface area (Å²) < 4.78 is 17.5. The second kappa shape index (κ2) is 15.1. The number of pyridine rings is 1. The molecule has 57 heavy (non-hydrogen) atoms. The van der Waals surface area contributed by atoms with Gasteiger partial charge in [0.1, 0.15) is 17.1 Å². The maximum atomic E-state index is 15.4. The first kappa shape index (κ1) is 38.3. The number of benzene rings is 3. The Bertz CT molecular complexity index is 2710. The van der Waals surface area contributed by atoms with E-state index in [9.17, 15) is 4.79 Å². The maximum absolute atomic E-state index is 15.4. The number of esters is 1. The van der Waals surface area contributed by atoms with Gasteiger partial charge in [0.25, 0.3) is 5.91 Å². The molecule has 1 amide bonds. The number of methoxy groups -OCH3 is 1. The van der Waals surface area contributed by atoms with E-state index in [1.165, 1.54) is 7.11 Å². The molecule has 1 aliphatic heterocycles. The van der Waals surface area contributed by atoms with Gasteiger partial charge in [0.15, 0.2) is 0 Å². The normalized spacial score (nSPS) is 14.2. The fourth-order valence-corrected chi connectivity index (χ4v) is 8.91. The van der Waals surface area contributed by atoms with E-state index in [-0.39, 0.29) is 11.9 Å². The van der Waals surface area contributed by atoms with Crippen molar-refractivity contribution in [3.8, 4) is 16.9 Å². The number of hydrogen-bond acceptors (Lipinski definition) is 6. The van der Waals surface area contributed by atoms with Crippen LogP contribution in [0.5, 0.6) is 5.75 Å². The largest absolute Gasteiger partial charge is 0.494 e. The van der Waals surface area contributed by atoms with Gasteiger partial charge >= 0.3 is 5.97 Å². The summed E-state index contributed by atoms with van der Waals surface area (Å²) in [6, 6.07) is 21.1. The number of carbonyl (C=O) groups excluding carboxylic acids is 2. The third-order valence-corrected chi connectivity index (χ3v) is 12.1. The molecule has 1 aliphatic rings. The van der Waals surface area contributed by atoms with Gasteiger partial charge in [-0.15, -0.1) is 0 Å². The van der Waals surface area contributed by atoms with Crippen LogP contribution in [-0.2, 0) is 24.8 Å². The van der Waals surface area contributed by atoms with Gasteiger partial charge in [-0.1, -0.05) is 47.5 Å². The Morgan fingerprint density at radius 3 is 2.40 bits per heavy atom. The van der Waals surface area contributed by atoms with Gasteiger partial charge in [0, 0.05) is 58.4 Å². The number of ether oxygens (including phenoxy) is 2. The molecule has 0 N–H and O–H groups in total. The van der Waals surface area contributed by atoms with Crippen molar-refractivity contribution in [3.63, 3.8) is 0 Å². The molecule has 0 saturated carbocycles. The van der Waals surface area contributed by atoms with Crippen LogP contribution in [0.25, 0.3) is 32.9 Å². The number of aryl methyl sites for hydroxylation is 5. The van der Waals surface area contributed by atoms with E-state index < -0.39 is 5.97 Å². The Morgan fingerprint density at radius 1 is 0.947 bits per heavy atom. The fraction of sp³-hybridized carbons (Fsp3) is 0.289. The molecule has 0 fully saturated rings. The smallest absolute Gasteiger partial charge is 0.354 e. The van der Waals surface area contributed by atoms with Crippen molar-refractivity contribution in [2.75, 3.05) is 25.2 Å². The summed E-state index contributed by atoms with van der Waals surface area (Å²) in [7, 11) is 3.31. The van der Waals surface area contributed by atoms with Crippen LogP contribution in [-0.4, -0.2) is 56.0 Å². The van der Waals surface area contributed by atoms with Gasteiger partial charge in [0.05, 0.1) is 53.4 Å². The SMILES string of the molecule is COC(=O)c1cc2cccc(N3C[C@@H](C)n4c(c(CCCOc5cc(C)c(Cl)c(C)c5)c5ccc(Cl)c(-c6c(C)nn(C)c6C)c54)C3=O)c2n1Cc1ccccn1. The van der Waals surface area contributed by atoms with Crippen molar-refractivity contribution < 1.29 is 19.1 Å². The predicted molar refractivity (Wildman–Crippen MR) is 226 cm³/mol. The molecule has 4 aromatic heterocycles. The molecule has 7 aromatic rings. The Kier molecular flexibility index (Phi) is 10.1. The highest BCUT2D eigenvalue weighted by atomic mass is 35.5. The Morgan fingerprint density at radius 2 is 1.72 bits per heavy atom.